The van der Waals surface area contributed by atoms with Crippen molar-refractivity contribution in [2.24, 2.45) is 0 Å². The van der Waals surface area contributed by atoms with Crippen molar-refractivity contribution in [1.29, 1.82) is 0 Å². The van der Waals surface area contributed by atoms with E-state index in [1.807, 2.05) is 42.5 Å². The van der Waals surface area contributed by atoms with Crippen LogP contribution in [0.25, 0.3) is 11.3 Å². The lowest BCUT2D eigenvalue weighted by atomic mass is 10.1. The van der Waals surface area contributed by atoms with E-state index in [2.05, 4.69) is 47.8 Å². The van der Waals surface area contributed by atoms with Gasteiger partial charge in [-0.15, -0.1) is 0 Å². The molecule has 6 rings (SSSR count). The molecule has 0 unspecified atom stereocenters. The first-order chi connectivity index (χ1) is 17.6. The minimum atomic E-state index is 0.388. The number of rotatable bonds is 8. The molecule has 4 aromatic rings. The second-order valence-electron chi connectivity index (χ2n) is 9.33. The third kappa shape index (κ3) is 5.00. The van der Waals surface area contributed by atoms with Gasteiger partial charge in [-0.2, -0.15) is 15.1 Å². The summed E-state index contributed by atoms with van der Waals surface area (Å²) < 4.78 is 5.54. The Hall–Kier alpha value is -3.63. The molecule has 2 aliphatic rings. The van der Waals surface area contributed by atoms with Crippen LogP contribution in [-0.4, -0.2) is 63.4 Å². The summed E-state index contributed by atoms with van der Waals surface area (Å²) in [5.74, 6) is 3.68. The van der Waals surface area contributed by atoms with Gasteiger partial charge in [0, 0.05) is 49.8 Å². The van der Waals surface area contributed by atoms with Crippen LogP contribution in [0.1, 0.15) is 30.2 Å². The molecule has 36 heavy (non-hydrogen) atoms. The molecule has 0 amide bonds. The molecule has 1 aliphatic heterocycles. The fourth-order valence-electron chi connectivity index (χ4n) is 4.25. The second-order valence-corrected chi connectivity index (χ2v) is 9.71. The van der Waals surface area contributed by atoms with Gasteiger partial charge in [0.2, 0.25) is 5.95 Å². The predicted molar refractivity (Wildman–Crippen MR) is 140 cm³/mol. The standard InChI is InChI=1S/C25H28ClN9O/c1-34-9-11-35(12-10-34)24-22(26)23(28-21-14-19(31-32-21)17-7-8-17)29-25(30-24)27-15-18-13-20(33-36-18)16-5-3-2-4-6-16/h2-6,13-14,17H,7-12,15H2,1H3,(H3,27,28,29,30,31,32). The van der Waals surface area contributed by atoms with Gasteiger partial charge in [0.25, 0.3) is 0 Å². The Morgan fingerprint density at radius 1 is 1.08 bits per heavy atom. The maximum Gasteiger partial charge on any atom is 0.227 e. The first kappa shape index (κ1) is 22.8. The number of hydrogen-bond acceptors (Lipinski definition) is 9. The zero-order chi connectivity index (χ0) is 24.5. The van der Waals surface area contributed by atoms with Crippen molar-refractivity contribution in [3.63, 3.8) is 0 Å². The minimum Gasteiger partial charge on any atom is -0.359 e. The van der Waals surface area contributed by atoms with Gasteiger partial charge in [-0.25, -0.2) is 0 Å². The largest absolute Gasteiger partial charge is 0.359 e. The molecule has 0 atom stereocenters. The molecule has 2 fully saturated rings. The zero-order valence-electron chi connectivity index (χ0n) is 20.0. The van der Waals surface area contributed by atoms with Crippen LogP contribution in [0.5, 0.6) is 0 Å². The van der Waals surface area contributed by atoms with E-state index >= 15 is 0 Å². The molecule has 11 heteroatoms. The van der Waals surface area contributed by atoms with E-state index in [-0.39, 0.29) is 0 Å². The van der Waals surface area contributed by atoms with Gasteiger partial charge in [0.1, 0.15) is 16.5 Å². The third-order valence-corrected chi connectivity index (χ3v) is 6.88. The fraction of sp³-hybridized carbons (Fsp3) is 0.360. The molecule has 3 aromatic heterocycles. The van der Waals surface area contributed by atoms with Crippen molar-refractivity contribution < 1.29 is 4.52 Å². The molecule has 1 saturated heterocycles. The number of aromatic amines is 1. The number of hydrogen-bond donors (Lipinski definition) is 3. The lowest BCUT2D eigenvalue weighted by Crippen LogP contribution is -2.45. The van der Waals surface area contributed by atoms with Gasteiger partial charge in [-0.05, 0) is 19.9 Å². The molecule has 3 N–H and O–H groups in total. The van der Waals surface area contributed by atoms with E-state index in [0.717, 1.165) is 48.9 Å². The second kappa shape index (κ2) is 9.79. The highest BCUT2D eigenvalue weighted by atomic mass is 35.5. The van der Waals surface area contributed by atoms with Crippen molar-refractivity contribution in [2.45, 2.75) is 25.3 Å². The van der Waals surface area contributed by atoms with Crippen LogP contribution in [-0.2, 0) is 6.54 Å². The molecule has 1 saturated carbocycles. The molecule has 186 valence electrons. The van der Waals surface area contributed by atoms with Gasteiger partial charge in [-0.1, -0.05) is 47.1 Å². The molecular formula is C25H28ClN9O. The van der Waals surface area contributed by atoms with Crippen LogP contribution >= 0.6 is 11.6 Å². The summed E-state index contributed by atoms with van der Waals surface area (Å²) in [7, 11) is 2.12. The Kier molecular flexibility index (Phi) is 6.20. The quantitative estimate of drug-likeness (QED) is 0.319. The Morgan fingerprint density at radius 2 is 1.89 bits per heavy atom. The summed E-state index contributed by atoms with van der Waals surface area (Å²) in [4.78, 5) is 13.9. The third-order valence-electron chi connectivity index (χ3n) is 6.53. The van der Waals surface area contributed by atoms with Crippen molar-refractivity contribution in [3.8, 4) is 11.3 Å². The van der Waals surface area contributed by atoms with Crippen molar-refractivity contribution >= 4 is 35.0 Å². The normalized spacial score (nSPS) is 16.3. The maximum absolute atomic E-state index is 6.84. The molecule has 4 heterocycles. The summed E-state index contributed by atoms with van der Waals surface area (Å²) in [6.07, 6.45) is 2.38. The molecular weight excluding hydrogens is 478 g/mol. The lowest BCUT2D eigenvalue weighted by Gasteiger charge is -2.34. The van der Waals surface area contributed by atoms with Crippen LogP contribution < -0.4 is 15.5 Å². The fourth-order valence-corrected chi connectivity index (χ4v) is 4.50. The van der Waals surface area contributed by atoms with Gasteiger partial charge in [0.15, 0.2) is 17.4 Å². The van der Waals surface area contributed by atoms with E-state index in [1.165, 1.54) is 12.8 Å². The average molecular weight is 506 g/mol. The number of likely N-dealkylation sites (N-methyl/N-ethyl adjacent to an activating group) is 1. The van der Waals surface area contributed by atoms with Crippen molar-refractivity contribution in [3.05, 3.63) is 58.9 Å². The minimum absolute atomic E-state index is 0.388. The molecule has 1 aliphatic carbocycles. The first-order valence-electron chi connectivity index (χ1n) is 12.2. The van der Waals surface area contributed by atoms with Crippen LogP contribution in [0.3, 0.4) is 0 Å². The lowest BCUT2D eigenvalue weighted by molar-refractivity contribution is 0.312. The van der Waals surface area contributed by atoms with Gasteiger partial charge in [-0.3, -0.25) is 5.10 Å². The number of piperazine rings is 1. The summed E-state index contributed by atoms with van der Waals surface area (Å²) in [5.41, 5.74) is 2.86. The van der Waals surface area contributed by atoms with Gasteiger partial charge in [0.05, 0.1) is 12.2 Å². The van der Waals surface area contributed by atoms with Crippen LogP contribution in [0.15, 0.2) is 47.0 Å². The van der Waals surface area contributed by atoms with Crippen LogP contribution in [0.2, 0.25) is 5.02 Å². The number of nitrogens with one attached hydrogen (secondary N) is 3. The van der Waals surface area contributed by atoms with E-state index in [9.17, 15) is 0 Å². The van der Waals surface area contributed by atoms with Crippen molar-refractivity contribution in [1.82, 2.24) is 30.2 Å². The Bertz CT molecular complexity index is 1330. The number of halogens is 1. The highest BCUT2D eigenvalue weighted by molar-refractivity contribution is 6.35. The predicted octanol–water partition coefficient (Wildman–Crippen LogP) is 4.49. The highest BCUT2D eigenvalue weighted by Gasteiger charge is 2.27. The van der Waals surface area contributed by atoms with Crippen LogP contribution in [0, 0.1) is 0 Å². The summed E-state index contributed by atoms with van der Waals surface area (Å²) in [6, 6.07) is 13.9. The van der Waals surface area contributed by atoms with Crippen molar-refractivity contribution in [2.75, 3.05) is 48.8 Å². The number of benzene rings is 1. The molecule has 10 nitrogen and oxygen atoms in total. The molecule has 0 bridgehead atoms. The summed E-state index contributed by atoms with van der Waals surface area (Å²) >= 11 is 6.84. The SMILES string of the molecule is CN1CCN(c2nc(NCc3cc(-c4ccccc4)no3)nc(Nc3cc(C4CC4)n[nH]3)c2Cl)CC1. The number of H-pyrrole nitrogens is 1. The molecule has 0 radical (unpaired) electrons. The zero-order valence-corrected chi connectivity index (χ0v) is 20.8. The molecule has 0 spiro atoms. The topological polar surface area (TPSA) is 111 Å². The first-order valence-corrected chi connectivity index (χ1v) is 12.6. The highest BCUT2D eigenvalue weighted by Crippen LogP contribution is 2.40. The van der Waals surface area contributed by atoms with E-state index in [4.69, 9.17) is 21.1 Å². The van der Waals surface area contributed by atoms with Gasteiger partial charge >= 0.3 is 0 Å². The number of nitrogens with zero attached hydrogens (tertiary/aromatic N) is 6. The van der Waals surface area contributed by atoms with E-state index in [1.54, 1.807) is 0 Å². The summed E-state index contributed by atoms with van der Waals surface area (Å²) in [5, 5.41) is 18.8. The average Bonchev–Trinajstić information content (AvgIpc) is 3.46. The Balaban J connectivity index is 1.24. The monoisotopic (exact) mass is 505 g/mol. The number of anilines is 4. The summed E-state index contributed by atoms with van der Waals surface area (Å²) in [6.45, 7) is 3.95. The Labute approximate surface area is 214 Å². The van der Waals surface area contributed by atoms with Crippen LogP contribution in [0.4, 0.5) is 23.4 Å². The maximum atomic E-state index is 6.84. The van der Waals surface area contributed by atoms with E-state index in [0.29, 0.717) is 40.8 Å². The van der Waals surface area contributed by atoms with E-state index < -0.39 is 0 Å². The Morgan fingerprint density at radius 3 is 2.67 bits per heavy atom. The number of aromatic nitrogens is 5. The smallest absolute Gasteiger partial charge is 0.227 e. The van der Waals surface area contributed by atoms with Gasteiger partial charge < -0.3 is 25.0 Å². The molecule has 1 aromatic carbocycles.